The lowest BCUT2D eigenvalue weighted by Crippen LogP contribution is -1.80. The van der Waals surface area contributed by atoms with Crippen LogP contribution in [0.5, 0.6) is 0 Å². The summed E-state index contributed by atoms with van der Waals surface area (Å²) in [4.78, 5) is 4.20. The fourth-order valence-corrected chi connectivity index (χ4v) is 1.35. The average Bonchev–Trinajstić information content (AvgIpc) is 2.67. The van der Waals surface area contributed by atoms with Crippen molar-refractivity contribution in [1.82, 2.24) is 10.1 Å². The zero-order valence-corrected chi connectivity index (χ0v) is 9.28. The highest BCUT2D eigenvalue weighted by Gasteiger charge is 2.06. The van der Waals surface area contributed by atoms with Crippen molar-refractivity contribution in [2.75, 3.05) is 0 Å². The van der Waals surface area contributed by atoms with E-state index in [1.54, 1.807) is 0 Å². The van der Waals surface area contributed by atoms with Crippen LogP contribution >= 0.6 is 15.9 Å². The topological polar surface area (TPSA) is 38.9 Å². The molecule has 0 saturated carbocycles. The van der Waals surface area contributed by atoms with Crippen molar-refractivity contribution in [2.45, 2.75) is 12.3 Å². The fraction of sp³-hybridized carbons (Fsp3) is 0.200. The zero-order chi connectivity index (χ0) is 9.97. The van der Waals surface area contributed by atoms with E-state index >= 15 is 0 Å². The third kappa shape index (κ3) is 1.85. The summed E-state index contributed by atoms with van der Waals surface area (Å²) in [6.07, 6.45) is 0. The van der Waals surface area contributed by atoms with E-state index in [1.807, 2.05) is 31.2 Å². The second kappa shape index (κ2) is 3.92. The van der Waals surface area contributed by atoms with Gasteiger partial charge in [0.15, 0.2) is 5.82 Å². The molecular formula is C10H9BrN2O. The maximum absolute atomic E-state index is 5.09. The van der Waals surface area contributed by atoms with Gasteiger partial charge in [0.1, 0.15) is 0 Å². The SMILES string of the molecule is Cc1ccc(-c2nc(CBr)no2)cc1. The van der Waals surface area contributed by atoms with Crippen LogP contribution in [0.3, 0.4) is 0 Å². The van der Waals surface area contributed by atoms with Crippen molar-refractivity contribution >= 4 is 15.9 Å². The summed E-state index contributed by atoms with van der Waals surface area (Å²) in [5.74, 6) is 1.24. The number of hydrogen-bond donors (Lipinski definition) is 0. The molecule has 0 amide bonds. The van der Waals surface area contributed by atoms with Gasteiger partial charge in [-0.15, -0.1) is 0 Å². The molecule has 2 aromatic rings. The summed E-state index contributed by atoms with van der Waals surface area (Å²) < 4.78 is 5.09. The summed E-state index contributed by atoms with van der Waals surface area (Å²) >= 11 is 3.27. The molecule has 3 nitrogen and oxygen atoms in total. The first-order chi connectivity index (χ1) is 6.79. The number of benzene rings is 1. The van der Waals surface area contributed by atoms with Crippen LogP contribution in [-0.4, -0.2) is 10.1 Å². The normalized spacial score (nSPS) is 10.4. The van der Waals surface area contributed by atoms with Crippen LogP contribution in [0.1, 0.15) is 11.4 Å². The largest absolute Gasteiger partial charge is 0.334 e. The highest BCUT2D eigenvalue weighted by atomic mass is 79.9. The lowest BCUT2D eigenvalue weighted by Gasteiger charge is -1.93. The Morgan fingerprint density at radius 3 is 2.57 bits per heavy atom. The molecule has 2 rings (SSSR count). The molecule has 0 fully saturated rings. The van der Waals surface area contributed by atoms with E-state index < -0.39 is 0 Å². The van der Waals surface area contributed by atoms with Crippen LogP contribution in [-0.2, 0) is 5.33 Å². The molecule has 0 unspecified atom stereocenters. The number of alkyl halides is 1. The van der Waals surface area contributed by atoms with Crippen molar-refractivity contribution in [3.63, 3.8) is 0 Å². The van der Waals surface area contributed by atoms with E-state index in [-0.39, 0.29) is 0 Å². The molecule has 0 aliphatic heterocycles. The van der Waals surface area contributed by atoms with Gasteiger partial charge < -0.3 is 4.52 Å². The summed E-state index contributed by atoms with van der Waals surface area (Å²) in [6.45, 7) is 2.04. The molecule has 0 atom stereocenters. The third-order valence-electron chi connectivity index (χ3n) is 1.89. The highest BCUT2D eigenvalue weighted by Crippen LogP contribution is 2.17. The Hall–Kier alpha value is -1.16. The van der Waals surface area contributed by atoms with E-state index in [0.717, 1.165) is 5.56 Å². The Morgan fingerprint density at radius 1 is 1.29 bits per heavy atom. The van der Waals surface area contributed by atoms with E-state index in [1.165, 1.54) is 5.56 Å². The molecule has 4 heteroatoms. The van der Waals surface area contributed by atoms with Crippen LogP contribution in [0.25, 0.3) is 11.5 Å². The Bertz CT molecular complexity index is 422. The molecule has 0 aliphatic rings. The molecule has 1 heterocycles. The Labute approximate surface area is 90.3 Å². The van der Waals surface area contributed by atoms with Gasteiger partial charge in [0.05, 0.1) is 5.33 Å². The number of aromatic nitrogens is 2. The number of nitrogens with zero attached hydrogens (tertiary/aromatic N) is 2. The number of aryl methyl sites for hydroxylation is 1. The molecule has 0 N–H and O–H groups in total. The minimum Gasteiger partial charge on any atom is -0.334 e. The highest BCUT2D eigenvalue weighted by molar-refractivity contribution is 9.08. The maximum atomic E-state index is 5.09. The van der Waals surface area contributed by atoms with Gasteiger partial charge in [0, 0.05) is 5.56 Å². The molecule has 1 aromatic carbocycles. The monoisotopic (exact) mass is 252 g/mol. The molecule has 0 radical (unpaired) electrons. The lowest BCUT2D eigenvalue weighted by molar-refractivity contribution is 0.425. The lowest BCUT2D eigenvalue weighted by atomic mass is 10.1. The van der Waals surface area contributed by atoms with Gasteiger partial charge in [0.25, 0.3) is 5.89 Å². The van der Waals surface area contributed by atoms with Gasteiger partial charge in [-0.25, -0.2) is 0 Å². The zero-order valence-electron chi connectivity index (χ0n) is 7.70. The van der Waals surface area contributed by atoms with Crippen molar-refractivity contribution in [3.05, 3.63) is 35.7 Å². The van der Waals surface area contributed by atoms with Crippen molar-refractivity contribution < 1.29 is 4.52 Å². The Morgan fingerprint density at radius 2 is 2.00 bits per heavy atom. The van der Waals surface area contributed by atoms with Crippen LogP contribution in [0.15, 0.2) is 28.8 Å². The van der Waals surface area contributed by atoms with Gasteiger partial charge >= 0.3 is 0 Å². The number of hydrogen-bond acceptors (Lipinski definition) is 3. The molecule has 14 heavy (non-hydrogen) atoms. The summed E-state index contributed by atoms with van der Waals surface area (Å²) in [7, 11) is 0. The fourth-order valence-electron chi connectivity index (χ4n) is 1.12. The standard InChI is InChI=1S/C10H9BrN2O/c1-7-2-4-8(5-3-7)10-12-9(6-11)13-14-10/h2-5H,6H2,1H3. The van der Waals surface area contributed by atoms with Crippen LogP contribution < -0.4 is 0 Å². The van der Waals surface area contributed by atoms with E-state index in [2.05, 4.69) is 26.1 Å². The predicted molar refractivity (Wildman–Crippen MR) is 57.1 cm³/mol. The van der Waals surface area contributed by atoms with E-state index in [0.29, 0.717) is 17.0 Å². The first kappa shape index (κ1) is 9.40. The number of rotatable bonds is 2. The van der Waals surface area contributed by atoms with Gasteiger partial charge in [-0.3, -0.25) is 0 Å². The molecule has 72 valence electrons. The molecule has 0 bridgehead atoms. The number of halogens is 1. The molecule has 0 saturated heterocycles. The van der Waals surface area contributed by atoms with Crippen molar-refractivity contribution in [1.29, 1.82) is 0 Å². The van der Waals surface area contributed by atoms with Gasteiger partial charge in [0.2, 0.25) is 0 Å². The maximum Gasteiger partial charge on any atom is 0.257 e. The third-order valence-corrected chi connectivity index (χ3v) is 2.39. The van der Waals surface area contributed by atoms with Gasteiger partial charge in [-0.1, -0.05) is 38.8 Å². The summed E-state index contributed by atoms with van der Waals surface area (Å²) in [6, 6.07) is 7.99. The molecular weight excluding hydrogens is 244 g/mol. The van der Waals surface area contributed by atoms with Crippen molar-refractivity contribution in [3.8, 4) is 11.5 Å². The minimum absolute atomic E-state index is 0.569. The van der Waals surface area contributed by atoms with Crippen LogP contribution in [0.2, 0.25) is 0 Å². The molecule has 0 spiro atoms. The molecule has 1 aromatic heterocycles. The minimum atomic E-state index is 0.569. The Kier molecular flexibility index (Phi) is 2.63. The first-order valence-electron chi connectivity index (χ1n) is 4.25. The Balaban J connectivity index is 2.34. The second-order valence-corrected chi connectivity index (χ2v) is 3.58. The quantitative estimate of drug-likeness (QED) is 0.772. The van der Waals surface area contributed by atoms with E-state index in [4.69, 9.17) is 4.52 Å². The first-order valence-corrected chi connectivity index (χ1v) is 5.37. The van der Waals surface area contributed by atoms with E-state index in [9.17, 15) is 0 Å². The van der Waals surface area contributed by atoms with Gasteiger partial charge in [-0.05, 0) is 19.1 Å². The van der Waals surface area contributed by atoms with Crippen LogP contribution in [0.4, 0.5) is 0 Å². The average molecular weight is 253 g/mol. The summed E-state index contributed by atoms with van der Waals surface area (Å²) in [5, 5.41) is 4.41. The van der Waals surface area contributed by atoms with Crippen LogP contribution in [0, 0.1) is 6.92 Å². The summed E-state index contributed by atoms with van der Waals surface area (Å²) in [5.41, 5.74) is 2.17. The molecule has 0 aliphatic carbocycles. The predicted octanol–water partition coefficient (Wildman–Crippen LogP) is 2.94. The van der Waals surface area contributed by atoms with Crippen molar-refractivity contribution in [2.24, 2.45) is 0 Å². The second-order valence-electron chi connectivity index (χ2n) is 3.02. The van der Waals surface area contributed by atoms with Gasteiger partial charge in [-0.2, -0.15) is 4.98 Å². The smallest absolute Gasteiger partial charge is 0.257 e.